The summed E-state index contributed by atoms with van der Waals surface area (Å²) in [5, 5.41) is 9.21. The van der Waals surface area contributed by atoms with Crippen molar-refractivity contribution in [2.75, 3.05) is 24.6 Å². The number of hydrogen-bond donors (Lipinski definition) is 1. The summed E-state index contributed by atoms with van der Waals surface area (Å²) >= 11 is 6.21. The van der Waals surface area contributed by atoms with Crippen molar-refractivity contribution < 1.29 is 14.6 Å². The first-order chi connectivity index (χ1) is 10.1. The number of carboxylic acids is 1. The van der Waals surface area contributed by atoms with Gasteiger partial charge in [0, 0.05) is 36.5 Å². The van der Waals surface area contributed by atoms with E-state index in [0.29, 0.717) is 16.7 Å². The minimum Gasteiger partial charge on any atom is -0.478 e. The second kappa shape index (κ2) is 7.48. The Morgan fingerprint density at radius 1 is 1.48 bits per heavy atom. The molecule has 0 amide bonds. The molecule has 1 heterocycles. The van der Waals surface area contributed by atoms with Gasteiger partial charge in [0.2, 0.25) is 0 Å². The van der Waals surface area contributed by atoms with E-state index in [2.05, 4.69) is 4.90 Å². The van der Waals surface area contributed by atoms with E-state index >= 15 is 0 Å². The standard InChI is InChI=1S/C16H20ClNO3/c1-2-21-14-7-9-18(10-8-14)13-5-3-12(15(17)11-13)4-6-16(19)20/h3-6,11,14H,2,7-10H2,1H3,(H,19,20)/b6-4+. The highest BCUT2D eigenvalue weighted by molar-refractivity contribution is 6.32. The Morgan fingerprint density at radius 3 is 2.76 bits per heavy atom. The minimum absolute atomic E-state index is 0.361. The lowest BCUT2D eigenvalue weighted by molar-refractivity contribution is -0.131. The smallest absolute Gasteiger partial charge is 0.328 e. The van der Waals surface area contributed by atoms with Gasteiger partial charge in [0.15, 0.2) is 0 Å². The lowest BCUT2D eigenvalue weighted by atomic mass is 10.1. The summed E-state index contributed by atoms with van der Waals surface area (Å²) in [6.07, 6.45) is 5.00. The number of aliphatic carboxylic acids is 1. The first-order valence-corrected chi connectivity index (χ1v) is 7.55. The van der Waals surface area contributed by atoms with E-state index < -0.39 is 5.97 Å². The molecule has 114 valence electrons. The van der Waals surface area contributed by atoms with Crippen molar-refractivity contribution in [1.29, 1.82) is 0 Å². The Morgan fingerprint density at radius 2 is 2.19 bits per heavy atom. The number of carbonyl (C=O) groups is 1. The number of anilines is 1. The van der Waals surface area contributed by atoms with Crippen LogP contribution in [-0.4, -0.2) is 36.9 Å². The van der Waals surface area contributed by atoms with Crippen molar-refractivity contribution in [3.05, 3.63) is 34.9 Å². The van der Waals surface area contributed by atoms with Gasteiger partial charge in [0.05, 0.1) is 6.10 Å². The molecule has 0 aliphatic carbocycles. The van der Waals surface area contributed by atoms with Gasteiger partial charge in [-0.25, -0.2) is 4.79 Å². The van der Waals surface area contributed by atoms with Gasteiger partial charge in [-0.3, -0.25) is 0 Å². The fraction of sp³-hybridized carbons (Fsp3) is 0.438. The van der Waals surface area contributed by atoms with Crippen LogP contribution in [0, 0.1) is 0 Å². The lowest BCUT2D eigenvalue weighted by Crippen LogP contribution is -2.37. The highest BCUT2D eigenvalue weighted by Gasteiger charge is 2.19. The molecule has 0 spiro atoms. The van der Waals surface area contributed by atoms with E-state index in [1.807, 2.05) is 25.1 Å². The van der Waals surface area contributed by atoms with Crippen LogP contribution in [0.4, 0.5) is 5.69 Å². The molecule has 0 atom stereocenters. The molecule has 21 heavy (non-hydrogen) atoms. The highest BCUT2D eigenvalue weighted by atomic mass is 35.5. The zero-order chi connectivity index (χ0) is 15.2. The summed E-state index contributed by atoms with van der Waals surface area (Å²) in [7, 11) is 0. The molecule has 1 N–H and O–H groups in total. The number of ether oxygens (including phenoxy) is 1. The van der Waals surface area contributed by atoms with E-state index in [1.165, 1.54) is 6.08 Å². The number of nitrogens with zero attached hydrogens (tertiary/aromatic N) is 1. The number of halogens is 1. The third-order valence-electron chi connectivity index (χ3n) is 3.60. The van der Waals surface area contributed by atoms with Crippen molar-refractivity contribution >= 4 is 29.3 Å². The molecule has 0 aromatic heterocycles. The zero-order valence-corrected chi connectivity index (χ0v) is 12.8. The summed E-state index contributed by atoms with van der Waals surface area (Å²) in [6.45, 7) is 4.69. The molecule has 1 aliphatic heterocycles. The normalized spacial score (nSPS) is 16.6. The minimum atomic E-state index is -0.979. The van der Waals surface area contributed by atoms with Gasteiger partial charge in [-0.15, -0.1) is 0 Å². The average molecular weight is 310 g/mol. The van der Waals surface area contributed by atoms with Gasteiger partial charge < -0.3 is 14.7 Å². The summed E-state index contributed by atoms with van der Waals surface area (Å²) in [5.74, 6) is -0.979. The number of rotatable bonds is 5. The summed E-state index contributed by atoms with van der Waals surface area (Å²) in [5.41, 5.74) is 1.79. The maximum absolute atomic E-state index is 10.5. The Bertz CT molecular complexity index is 522. The van der Waals surface area contributed by atoms with E-state index in [9.17, 15) is 4.79 Å². The molecule has 4 nitrogen and oxygen atoms in total. The van der Waals surface area contributed by atoms with Gasteiger partial charge in [0.1, 0.15) is 0 Å². The molecule has 0 radical (unpaired) electrons. The molecular weight excluding hydrogens is 290 g/mol. The number of benzene rings is 1. The van der Waals surface area contributed by atoms with Crippen LogP contribution >= 0.6 is 11.6 Å². The summed E-state index contributed by atoms with van der Waals surface area (Å²) in [6, 6.07) is 5.73. The Kier molecular flexibility index (Phi) is 5.65. The Balaban J connectivity index is 2.02. The molecule has 0 saturated carbocycles. The third-order valence-corrected chi connectivity index (χ3v) is 3.93. The molecule has 0 bridgehead atoms. The molecule has 1 aromatic carbocycles. The molecule has 2 rings (SSSR count). The predicted molar refractivity (Wildman–Crippen MR) is 85.0 cm³/mol. The van der Waals surface area contributed by atoms with Gasteiger partial charge in [-0.1, -0.05) is 17.7 Å². The topological polar surface area (TPSA) is 49.8 Å². The number of hydrogen-bond acceptors (Lipinski definition) is 3. The SMILES string of the molecule is CCOC1CCN(c2ccc(/C=C/C(=O)O)c(Cl)c2)CC1. The number of carboxylic acid groups (broad SMARTS) is 1. The van der Waals surface area contributed by atoms with Crippen LogP contribution in [-0.2, 0) is 9.53 Å². The molecule has 1 saturated heterocycles. The van der Waals surface area contributed by atoms with Crippen LogP contribution in [0.25, 0.3) is 6.08 Å². The predicted octanol–water partition coefficient (Wildman–Crippen LogP) is 3.44. The molecule has 1 aromatic rings. The van der Waals surface area contributed by atoms with Gasteiger partial charge in [0.25, 0.3) is 0 Å². The van der Waals surface area contributed by atoms with Crippen LogP contribution in [0.2, 0.25) is 5.02 Å². The summed E-state index contributed by atoms with van der Waals surface area (Å²) < 4.78 is 5.65. The fourth-order valence-electron chi connectivity index (χ4n) is 2.53. The maximum atomic E-state index is 10.5. The molecule has 1 fully saturated rings. The van der Waals surface area contributed by atoms with Crippen molar-refractivity contribution in [3.8, 4) is 0 Å². The quantitative estimate of drug-likeness (QED) is 0.846. The molecular formula is C16H20ClNO3. The summed E-state index contributed by atoms with van der Waals surface area (Å²) in [4.78, 5) is 12.8. The maximum Gasteiger partial charge on any atom is 0.328 e. The third kappa shape index (κ3) is 4.48. The van der Waals surface area contributed by atoms with Gasteiger partial charge in [-0.2, -0.15) is 0 Å². The van der Waals surface area contributed by atoms with E-state index in [1.54, 1.807) is 0 Å². The fourth-order valence-corrected chi connectivity index (χ4v) is 2.76. The lowest BCUT2D eigenvalue weighted by Gasteiger charge is -2.33. The monoisotopic (exact) mass is 309 g/mol. The van der Waals surface area contributed by atoms with Crippen LogP contribution in [0.15, 0.2) is 24.3 Å². The van der Waals surface area contributed by atoms with Gasteiger partial charge >= 0.3 is 5.97 Å². The Labute approximate surface area is 130 Å². The van der Waals surface area contributed by atoms with Crippen molar-refractivity contribution in [2.24, 2.45) is 0 Å². The van der Waals surface area contributed by atoms with Gasteiger partial charge in [-0.05, 0) is 43.5 Å². The van der Waals surface area contributed by atoms with Crippen molar-refractivity contribution in [2.45, 2.75) is 25.9 Å². The van der Waals surface area contributed by atoms with Crippen LogP contribution in [0.1, 0.15) is 25.3 Å². The van der Waals surface area contributed by atoms with E-state index in [4.69, 9.17) is 21.4 Å². The van der Waals surface area contributed by atoms with Crippen molar-refractivity contribution in [3.63, 3.8) is 0 Å². The zero-order valence-electron chi connectivity index (χ0n) is 12.1. The largest absolute Gasteiger partial charge is 0.478 e. The first-order valence-electron chi connectivity index (χ1n) is 7.17. The molecule has 5 heteroatoms. The molecule has 1 aliphatic rings. The average Bonchev–Trinajstić information content (AvgIpc) is 2.47. The van der Waals surface area contributed by atoms with E-state index in [0.717, 1.165) is 44.3 Å². The highest BCUT2D eigenvalue weighted by Crippen LogP contribution is 2.27. The second-order valence-corrected chi connectivity index (χ2v) is 5.43. The van der Waals surface area contributed by atoms with Crippen LogP contribution < -0.4 is 4.90 Å². The Hall–Kier alpha value is -1.52. The first kappa shape index (κ1) is 15.9. The van der Waals surface area contributed by atoms with E-state index in [-0.39, 0.29) is 0 Å². The number of piperidine rings is 1. The van der Waals surface area contributed by atoms with Crippen molar-refractivity contribution in [1.82, 2.24) is 0 Å². The van der Waals surface area contributed by atoms with Crippen LogP contribution in [0.3, 0.4) is 0 Å². The molecule has 0 unspecified atom stereocenters. The second-order valence-electron chi connectivity index (χ2n) is 5.02. The van der Waals surface area contributed by atoms with Crippen LogP contribution in [0.5, 0.6) is 0 Å².